The van der Waals surface area contributed by atoms with E-state index in [0.29, 0.717) is 0 Å². The van der Waals surface area contributed by atoms with Crippen molar-refractivity contribution in [2.24, 2.45) is 0 Å². The molecule has 0 saturated carbocycles. The van der Waals surface area contributed by atoms with E-state index in [1.165, 1.54) is 13.4 Å². The predicted molar refractivity (Wildman–Crippen MR) is 32.7 cm³/mol. The van der Waals surface area contributed by atoms with Crippen LogP contribution in [-0.4, -0.2) is 17.1 Å². The van der Waals surface area contributed by atoms with Crippen LogP contribution in [0.1, 0.15) is 0 Å². The van der Waals surface area contributed by atoms with E-state index in [1.807, 2.05) is 0 Å². The summed E-state index contributed by atoms with van der Waals surface area (Å²) in [7, 11) is 1.53. The summed E-state index contributed by atoms with van der Waals surface area (Å²) in [5.74, 6) is 0. The summed E-state index contributed by atoms with van der Waals surface area (Å²) in [6, 6.07) is 0. The van der Waals surface area contributed by atoms with Gasteiger partial charge in [-0.05, 0) is 0 Å². The highest BCUT2D eigenvalue weighted by atomic mass is 16.6. The van der Waals surface area contributed by atoms with Crippen LogP contribution in [0.25, 0.3) is 0 Å². The average molecular weight is 125 g/mol. The summed E-state index contributed by atoms with van der Waals surface area (Å²) in [5.41, 5.74) is 3.33. The Morgan fingerprint density at radius 1 is 1.44 bits per heavy atom. The third-order valence-electron chi connectivity index (χ3n) is 0.780. The SMILES string of the molecule is CONc1cncnc1. The molecule has 0 atom stereocenters. The molecule has 0 bridgehead atoms. The van der Waals surface area contributed by atoms with Gasteiger partial charge in [0.05, 0.1) is 25.2 Å². The van der Waals surface area contributed by atoms with E-state index in [-0.39, 0.29) is 0 Å². The van der Waals surface area contributed by atoms with Gasteiger partial charge in [0.25, 0.3) is 0 Å². The lowest BCUT2D eigenvalue weighted by atomic mass is 10.6. The topological polar surface area (TPSA) is 47.0 Å². The Bertz CT molecular complexity index is 165. The van der Waals surface area contributed by atoms with Crippen LogP contribution in [0.15, 0.2) is 18.7 Å². The molecule has 0 spiro atoms. The average Bonchev–Trinajstić information content (AvgIpc) is 1.91. The minimum Gasteiger partial charge on any atom is -0.279 e. The fourth-order valence-corrected chi connectivity index (χ4v) is 0.470. The van der Waals surface area contributed by atoms with E-state index in [0.717, 1.165) is 5.69 Å². The predicted octanol–water partition coefficient (Wildman–Crippen LogP) is 0.450. The maximum absolute atomic E-state index is 4.60. The van der Waals surface area contributed by atoms with Gasteiger partial charge in [-0.15, -0.1) is 0 Å². The highest BCUT2D eigenvalue weighted by molar-refractivity contribution is 5.33. The fourth-order valence-electron chi connectivity index (χ4n) is 0.470. The van der Waals surface area contributed by atoms with Gasteiger partial charge in [-0.3, -0.25) is 10.3 Å². The van der Waals surface area contributed by atoms with Crippen LogP contribution < -0.4 is 5.48 Å². The van der Waals surface area contributed by atoms with Gasteiger partial charge in [0.15, 0.2) is 0 Å². The highest BCUT2D eigenvalue weighted by Gasteiger charge is 1.84. The Morgan fingerprint density at radius 3 is 2.67 bits per heavy atom. The van der Waals surface area contributed by atoms with Crippen LogP contribution >= 0.6 is 0 Å². The molecular weight excluding hydrogens is 118 g/mol. The molecule has 48 valence electrons. The highest BCUT2D eigenvalue weighted by Crippen LogP contribution is 1.97. The second kappa shape index (κ2) is 2.99. The van der Waals surface area contributed by atoms with Crippen molar-refractivity contribution in [1.82, 2.24) is 9.97 Å². The monoisotopic (exact) mass is 125 g/mol. The van der Waals surface area contributed by atoms with E-state index in [1.54, 1.807) is 12.4 Å². The Balaban J connectivity index is 2.61. The third-order valence-corrected chi connectivity index (χ3v) is 0.780. The molecule has 0 unspecified atom stereocenters. The zero-order valence-corrected chi connectivity index (χ0v) is 5.03. The maximum atomic E-state index is 4.60. The second-order valence-electron chi connectivity index (χ2n) is 1.43. The van der Waals surface area contributed by atoms with Gasteiger partial charge in [-0.1, -0.05) is 0 Å². The van der Waals surface area contributed by atoms with Crippen molar-refractivity contribution in [2.75, 3.05) is 12.6 Å². The third kappa shape index (κ3) is 1.65. The summed E-state index contributed by atoms with van der Waals surface area (Å²) in [4.78, 5) is 12.1. The van der Waals surface area contributed by atoms with E-state index >= 15 is 0 Å². The maximum Gasteiger partial charge on any atom is 0.115 e. The summed E-state index contributed by atoms with van der Waals surface area (Å²) < 4.78 is 0. The molecule has 1 aromatic heterocycles. The van der Waals surface area contributed by atoms with Gasteiger partial charge in [-0.2, -0.15) is 0 Å². The lowest BCUT2D eigenvalue weighted by Gasteiger charge is -1.97. The van der Waals surface area contributed by atoms with Gasteiger partial charge in [0.2, 0.25) is 0 Å². The number of nitrogens with one attached hydrogen (secondary N) is 1. The first-order chi connectivity index (χ1) is 4.43. The summed E-state index contributed by atoms with van der Waals surface area (Å²) in [6.45, 7) is 0. The van der Waals surface area contributed by atoms with Crippen LogP contribution in [0.5, 0.6) is 0 Å². The van der Waals surface area contributed by atoms with Crippen LogP contribution in [0.4, 0.5) is 5.69 Å². The zero-order valence-electron chi connectivity index (χ0n) is 5.03. The van der Waals surface area contributed by atoms with Crippen molar-refractivity contribution in [3.63, 3.8) is 0 Å². The number of hydrogen-bond donors (Lipinski definition) is 1. The van der Waals surface area contributed by atoms with Gasteiger partial charge < -0.3 is 0 Å². The Kier molecular flexibility index (Phi) is 1.98. The largest absolute Gasteiger partial charge is 0.279 e. The zero-order chi connectivity index (χ0) is 6.53. The van der Waals surface area contributed by atoms with Crippen LogP contribution in [0.2, 0.25) is 0 Å². The van der Waals surface area contributed by atoms with E-state index in [9.17, 15) is 0 Å². The van der Waals surface area contributed by atoms with E-state index < -0.39 is 0 Å². The van der Waals surface area contributed by atoms with E-state index in [2.05, 4.69) is 20.3 Å². The fraction of sp³-hybridized carbons (Fsp3) is 0.200. The Morgan fingerprint density at radius 2 is 2.11 bits per heavy atom. The molecule has 0 saturated heterocycles. The van der Waals surface area contributed by atoms with Crippen molar-refractivity contribution >= 4 is 5.69 Å². The van der Waals surface area contributed by atoms with Crippen molar-refractivity contribution in [1.29, 1.82) is 0 Å². The first-order valence-electron chi connectivity index (χ1n) is 2.47. The molecule has 1 heterocycles. The van der Waals surface area contributed by atoms with Crippen LogP contribution in [0, 0.1) is 0 Å². The molecule has 1 aromatic rings. The first kappa shape index (κ1) is 5.97. The van der Waals surface area contributed by atoms with Gasteiger partial charge in [0, 0.05) is 0 Å². The Hall–Kier alpha value is -1.16. The van der Waals surface area contributed by atoms with Gasteiger partial charge in [-0.25, -0.2) is 9.97 Å². The quantitative estimate of drug-likeness (QED) is 0.583. The van der Waals surface area contributed by atoms with Crippen molar-refractivity contribution < 1.29 is 4.84 Å². The lowest BCUT2D eigenvalue weighted by Crippen LogP contribution is -1.95. The molecule has 1 N–H and O–H groups in total. The minimum absolute atomic E-state index is 0.750. The molecule has 0 aliphatic carbocycles. The number of hydrogen-bond acceptors (Lipinski definition) is 4. The van der Waals surface area contributed by atoms with E-state index in [4.69, 9.17) is 0 Å². The van der Waals surface area contributed by atoms with Crippen molar-refractivity contribution in [3.8, 4) is 0 Å². The normalized spacial score (nSPS) is 9.00. The number of anilines is 1. The van der Waals surface area contributed by atoms with Crippen molar-refractivity contribution in [2.45, 2.75) is 0 Å². The molecule has 4 heteroatoms. The molecule has 4 nitrogen and oxygen atoms in total. The number of rotatable bonds is 2. The molecule has 0 fully saturated rings. The summed E-state index contributed by atoms with van der Waals surface area (Å²) in [6.07, 6.45) is 4.70. The number of nitrogens with zero attached hydrogens (tertiary/aromatic N) is 2. The molecule has 0 aliphatic heterocycles. The lowest BCUT2D eigenvalue weighted by molar-refractivity contribution is 0.270. The summed E-state index contributed by atoms with van der Waals surface area (Å²) in [5, 5.41) is 0. The molecule has 9 heavy (non-hydrogen) atoms. The Labute approximate surface area is 52.9 Å². The molecule has 0 amide bonds. The summed E-state index contributed by atoms with van der Waals surface area (Å²) >= 11 is 0. The smallest absolute Gasteiger partial charge is 0.115 e. The van der Waals surface area contributed by atoms with Gasteiger partial charge >= 0.3 is 0 Å². The van der Waals surface area contributed by atoms with Crippen LogP contribution in [-0.2, 0) is 4.84 Å². The molecule has 1 rings (SSSR count). The molecular formula is C5H7N3O. The minimum atomic E-state index is 0.750. The van der Waals surface area contributed by atoms with Crippen LogP contribution in [0.3, 0.4) is 0 Å². The second-order valence-corrected chi connectivity index (χ2v) is 1.43. The molecule has 0 aromatic carbocycles. The van der Waals surface area contributed by atoms with Gasteiger partial charge in [0.1, 0.15) is 6.33 Å². The standard InChI is InChI=1S/C5H7N3O/c1-9-8-5-2-6-4-7-3-5/h2-4,8H,1H3. The molecule has 0 aliphatic rings. The first-order valence-corrected chi connectivity index (χ1v) is 2.47. The molecule has 0 radical (unpaired) electrons. The number of aromatic nitrogens is 2. The van der Waals surface area contributed by atoms with Crippen molar-refractivity contribution in [3.05, 3.63) is 18.7 Å².